The van der Waals surface area contributed by atoms with Crippen molar-refractivity contribution in [2.75, 3.05) is 5.32 Å². The number of hydrogen-bond donors (Lipinski definition) is 1. The van der Waals surface area contributed by atoms with Gasteiger partial charge in [-0.25, -0.2) is 0 Å². The molecule has 2 aromatic rings. The zero-order valence-electron chi connectivity index (χ0n) is 12.3. The van der Waals surface area contributed by atoms with Gasteiger partial charge in [-0.3, -0.25) is 4.79 Å². The molecule has 0 heterocycles. The van der Waals surface area contributed by atoms with Gasteiger partial charge in [0.2, 0.25) is 0 Å². The summed E-state index contributed by atoms with van der Waals surface area (Å²) in [6, 6.07) is 15.4. The molecule has 2 heteroatoms. The lowest BCUT2D eigenvalue weighted by molar-refractivity contribution is 0.102. The number of rotatable bonds is 4. The van der Waals surface area contributed by atoms with E-state index in [1.807, 2.05) is 42.5 Å². The SMILES string of the molecule is CCC(C)c1cccc(NC(=O)c2ccccc2)c1C. The second kappa shape index (κ2) is 6.38. The molecule has 0 aliphatic carbocycles. The molecule has 0 spiro atoms. The molecule has 0 radical (unpaired) electrons. The van der Waals surface area contributed by atoms with Crippen molar-refractivity contribution >= 4 is 11.6 Å². The smallest absolute Gasteiger partial charge is 0.255 e. The highest BCUT2D eigenvalue weighted by Crippen LogP contribution is 2.27. The van der Waals surface area contributed by atoms with Gasteiger partial charge < -0.3 is 5.32 Å². The Hall–Kier alpha value is -2.09. The van der Waals surface area contributed by atoms with Gasteiger partial charge in [0.05, 0.1) is 0 Å². The molecule has 1 unspecified atom stereocenters. The average Bonchev–Trinajstić information content (AvgIpc) is 2.49. The molecule has 0 aliphatic rings. The zero-order chi connectivity index (χ0) is 14.5. The van der Waals surface area contributed by atoms with E-state index in [9.17, 15) is 4.79 Å². The van der Waals surface area contributed by atoms with E-state index in [0.717, 1.165) is 17.7 Å². The largest absolute Gasteiger partial charge is 0.322 e. The molecule has 20 heavy (non-hydrogen) atoms. The first kappa shape index (κ1) is 14.3. The van der Waals surface area contributed by atoms with Gasteiger partial charge in [-0.05, 0) is 48.6 Å². The Morgan fingerprint density at radius 1 is 1.10 bits per heavy atom. The quantitative estimate of drug-likeness (QED) is 0.850. The summed E-state index contributed by atoms with van der Waals surface area (Å²) < 4.78 is 0. The molecule has 2 aromatic carbocycles. The molecule has 1 atom stereocenters. The number of nitrogens with one attached hydrogen (secondary N) is 1. The minimum Gasteiger partial charge on any atom is -0.322 e. The predicted octanol–water partition coefficient (Wildman–Crippen LogP) is 4.76. The van der Waals surface area contributed by atoms with Gasteiger partial charge in [-0.2, -0.15) is 0 Å². The van der Waals surface area contributed by atoms with E-state index >= 15 is 0 Å². The van der Waals surface area contributed by atoms with E-state index < -0.39 is 0 Å². The Morgan fingerprint density at radius 3 is 2.45 bits per heavy atom. The third-order valence-electron chi connectivity index (χ3n) is 3.80. The zero-order valence-corrected chi connectivity index (χ0v) is 12.3. The number of benzene rings is 2. The third kappa shape index (κ3) is 3.08. The van der Waals surface area contributed by atoms with E-state index in [1.165, 1.54) is 5.56 Å². The van der Waals surface area contributed by atoms with E-state index in [1.54, 1.807) is 0 Å². The van der Waals surface area contributed by atoms with Crippen molar-refractivity contribution in [2.24, 2.45) is 0 Å². The van der Waals surface area contributed by atoms with Gasteiger partial charge in [0.15, 0.2) is 0 Å². The molecule has 2 rings (SSSR count). The predicted molar refractivity (Wildman–Crippen MR) is 84.3 cm³/mol. The Kier molecular flexibility index (Phi) is 4.57. The van der Waals surface area contributed by atoms with Crippen LogP contribution in [0.2, 0.25) is 0 Å². The maximum Gasteiger partial charge on any atom is 0.255 e. The van der Waals surface area contributed by atoms with Crippen LogP contribution in [0.4, 0.5) is 5.69 Å². The number of anilines is 1. The van der Waals surface area contributed by atoms with Crippen LogP contribution >= 0.6 is 0 Å². The summed E-state index contributed by atoms with van der Waals surface area (Å²) in [4.78, 5) is 12.2. The fraction of sp³-hybridized carbons (Fsp3) is 0.278. The first-order valence-electron chi connectivity index (χ1n) is 7.09. The van der Waals surface area contributed by atoms with E-state index in [0.29, 0.717) is 11.5 Å². The van der Waals surface area contributed by atoms with Crippen LogP contribution in [-0.4, -0.2) is 5.91 Å². The summed E-state index contributed by atoms with van der Waals surface area (Å²) in [6.07, 6.45) is 1.09. The summed E-state index contributed by atoms with van der Waals surface area (Å²) >= 11 is 0. The Morgan fingerprint density at radius 2 is 1.80 bits per heavy atom. The summed E-state index contributed by atoms with van der Waals surface area (Å²) in [5.74, 6) is 0.443. The Bertz CT molecular complexity index is 590. The fourth-order valence-electron chi connectivity index (χ4n) is 2.33. The fourth-order valence-corrected chi connectivity index (χ4v) is 2.33. The van der Waals surface area contributed by atoms with Gasteiger partial charge in [-0.1, -0.05) is 44.2 Å². The van der Waals surface area contributed by atoms with Crippen molar-refractivity contribution in [1.29, 1.82) is 0 Å². The van der Waals surface area contributed by atoms with Crippen molar-refractivity contribution in [3.63, 3.8) is 0 Å². The lowest BCUT2D eigenvalue weighted by Gasteiger charge is -2.16. The average molecular weight is 267 g/mol. The summed E-state index contributed by atoms with van der Waals surface area (Å²) in [7, 11) is 0. The van der Waals surface area contributed by atoms with Crippen molar-refractivity contribution in [3.05, 3.63) is 65.2 Å². The van der Waals surface area contributed by atoms with Crippen LogP contribution in [-0.2, 0) is 0 Å². The van der Waals surface area contributed by atoms with Gasteiger partial charge in [0.25, 0.3) is 5.91 Å². The third-order valence-corrected chi connectivity index (χ3v) is 3.80. The maximum absolute atomic E-state index is 12.2. The van der Waals surface area contributed by atoms with Crippen molar-refractivity contribution in [2.45, 2.75) is 33.1 Å². The molecule has 0 aromatic heterocycles. The normalized spacial score (nSPS) is 11.9. The molecule has 2 nitrogen and oxygen atoms in total. The van der Waals surface area contributed by atoms with Gasteiger partial charge in [0.1, 0.15) is 0 Å². The molecular weight excluding hydrogens is 246 g/mol. The molecule has 1 N–H and O–H groups in total. The standard InChI is InChI=1S/C18H21NO/c1-4-13(2)16-11-8-12-17(14(16)3)19-18(20)15-9-6-5-7-10-15/h5-13H,4H2,1-3H3,(H,19,20). The second-order valence-electron chi connectivity index (χ2n) is 5.15. The van der Waals surface area contributed by atoms with Crippen molar-refractivity contribution in [3.8, 4) is 0 Å². The first-order chi connectivity index (χ1) is 9.63. The lowest BCUT2D eigenvalue weighted by Crippen LogP contribution is -2.13. The van der Waals surface area contributed by atoms with Crippen LogP contribution in [0.15, 0.2) is 48.5 Å². The molecule has 0 bridgehead atoms. The number of hydrogen-bond acceptors (Lipinski definition) is 1. The molecule has 104 valence electrons. The summed E-state index contributed by atoms with van der Waals surface area (Å²) in [6.45, 7) is 6.46. The highest BCUT2D eigenvalue weighted by atomic mass is 16.1. The van der Waals surface area contributed by atoms with E-state index in [4.69, 9.17) is 0 Å². The Labute approximate surface area is 120 Å². The highest BCUT2D eigenvalue weighted by molar-refractivity contribution is 6.04. The number of carbonyl (C=O) groups excluding carboxylic acids is 1. The topological polar surface area (TPSA) is 29.1 Å². The number of carbonyl (C=O) groups is 1. The van der Waals surface area contributed by atoms with Crippen LogP contribution in [0, 0.1) is 6.92 Å². The molecular formula is C18H21NO. The molecule has 0 aliphatic heterocycles. The molecule has 1 amide bonds. The van der Waals surface area contributed by atoms with Gasteiger partial charge >= 0.3 is 0 Å². The van der Waals surface area contributed by atoms with E-state index in [2.05, 4.69) is 32.2 Å². The maximum atomic E-state index is 12.2. The van der Waals surface area contributed by atoms with Crippen LogP contribution in [0.3, 0.4) is 0 Å². The molecule has 0 fully saturated rings. The van der Waals surface area contributed by atoms with Crippen LogP contribution in [0.25, 0.3) is 0 Å². The summed E-state index contributed by atoms with van der Waals surface area (Å²) in [5.41, 5.74) is 4.04. The lowest BCUT2D eigenvalue weighted by atomic mass is 9.93. The van der Waals surface area contributed by atoms with Crippen LogP contribution < -0.4 is 5.32 Å². The highest BCUT2D eigenvalue weighted by Gasteiger charge is 2.12. The van der Waals surface area contributed by atoms with E-state index in [-0.39, 0.29) is 5.91 Å². The molecule has 0 saturated heterocycles. The summed E-state index contributed by atoms with van der Waals surface area (Å²) in [5, 5.41) is 3.01. The first-order valence-corrected chi connectivity index (χ1v) is 7.09. The van der Waals surface area contributed by atoms with Crippen molar-refractivity contribution < 1.29 is 4.79 Å². The monoisotopic (exact) mass is 267 g/mol. The Balaban J connectivity index is 2.24. The van der Waals surface area contributed by atoms with Gasteiger partial charge in [-0.15, -0.1) is 0 Å². The van der Waals surface area contributed by atoms with Crippen molar-refractivity contribution in [1.82, 2.24) is 0 Å². The van der Waals surface area contributed by atoms with Gasteiger partial charge in [0, 0.05) is 11.3 Å². The number of amides is 1. The minimum atomic E-state index is -0.0602. The minimum absolute atomic E-state index is 0.0602. The molecule has 0 saturated carbocycles. The second-order valence-corrected chi connectivity index (χ2v) is 5.15. The van der Waals surface area contributed by atoms with Crippen LogP contribution in [0.5, 0.6) is 0 Å². The van der Waals surface area contributed by atoms with Crippen LogP contribution in [0.1, 0.15) is 47.7 Å².